The first-order chi connectivity index (χ1) is 9.48. The number of hydrazine groups is 1. The normalized spacial score (nSPS) is 19.8. The molecule has 2 rings (SSSR count). The molecule has 0 bridgehead atoms. The topological polar surface area (TPSA) is 117 Å². The van der Waals surface area contributed by atoms with Crippen LogP contribution in [0.2, 0.25) is 0 Å². The highest BCUT2D eigenvalue weighted by Crippen LogP contribution is 2.11. The van der Waals surface area contributed by atoms with E-state index in [0.717, 1.165) is 5.56 Å². The number of nitrogens with two attached hydrogens (primary N) is 1. The lowest BCUT2D eigenvalue weighted by molar-refractivity contribution is 0.477. The molecule has 0 spiro atoms. The molecule has 0 fully saturated rings. The molecule has 1 heterocycles. The van der Waals surface area contributed by atoms with Crippen LogP contribution in [0.1, 0.15) is 12.0 Å². The molecule has 8 heteroatoms. The maximum Gasteiger partial charge on any atom is 0.267 e. The van der Waals surface area contributed by atoms with Crippen LogP contribution >= 0.6 is 0 Å². The molecule has 0 aromatic heterocycles. The van der Waals surface area contributed by atoms with Crippen LogP contribution in [0.3, 0.4) is 0 Å². The molecule has 1 aromatic rings. The fourth-order valence-electron chi connectivity index (χ4n) is 1.97. The predicted octanol–water partition coefficient (Wildman–Crippen LogP) is -0.00240. The van der Waals surface area contributed by atoms with Gasteiger partial charge in [-0.05, 0) is 5.56 Å². The fourth-order valence-corrected chi connectivity index (χ4v) is 2.64. The van der Waals surface area contributed by atoms with E-state index in [-0.39, 0.29) is 6.54 Å². The van der Waals surface area contributed by atoms with E-state index in [1.165, 1.54) is 0 Å². The van der Waals surface area contributed by atoms with Gasteiger partial charge in [-0.15, -0.1) is 0 Å². The number of hydrogen-bond donors (Lipinski definition) is 3. The third-order valence-corrected chi connectivity index (χ3v) is 3.65. The average molecular weight is 296 g/mol. The van der Waals surface area contributed by atoms with Crippen LogP contribution in [-0.4, -0.2) is 42.9 Å². The van der Waals surface area contributed by atoms with E-state index in [9.17, 15) is 8.42 Å². The zero-order valence-electron chi connectivity index (χ0n) is 10.7. The molecular weight excluding hydrogens is 280 g/mol. The Hall–Kier alpha value is -1.77. The van der Waals surface area contributed by atoms with Crippen LogP contribution < -0.4 is 11.3 Å². The number of rotatable bonds is 3. The molecule has 1 aromatic carbocycles. The van der Waals surface area contributed by atoms with Gasteiger partial charge in [-0.25, -0.2) is 5.84 Å². The van der Waals surface area contributed by atoms with E-state index in [0.29, 0.717) is 18.0 Å². The lowest BCUT2D eigenvalue weighted by Crippen LogP contribution is -2.32. The quantitative estimate of drug-likeness (QED) is 0.412. The van der Waals surface area contributed by atoms with Gasteiger partial charge in [0.1, 0.15) is 5.84 Å². The zero-order valence-corrected chi connectivity index (χ0v) is 11.5. The van der Waals surface area contributed by atoms with Gasteiger partial charge < -0.3 is 5.43 Å². The van der Waals surface area contributed by atoms with Gasteiger partial charge in [-0.1, -0.05) is 30.3 Å². The standard InChI is InChI=1S/C12H16N4O3S/c13-16-12-6-11(9-4-2-1-3-5-9)15-10(7-14-12)8-20(17,18)19/h1-5,10H,6-8,13H2,(H,14,16)(H,17,18,19). The van der Waals surface area contributed by atoms with Crippen molar-refractivity contribution in [1.29, 1.82) is 0 Å². The molecule has 7 nitrogen and oxygen atoms in total. The lowest BCUT2D eigenvalue weighted by Gasteiger charge is -2.09. The Balaban J connectivity index is 2.33. The second-order valence-electron chi connectivity index (χ2n) is 4.45. The Morgan fingerprint density at radius 1 is 1.35 bits per heavy atom. The second-order valence-corrected chi connectivity index (χ2v) is 5.95. The third-order valence-electron chi connectivity index (χ3n) is 2.84. The monoisotopic (exact) mass is 296 g/mol. The summed E-state index contributed by atoms with van der Waals surface area (Å²) in [5, 5.41) is 0. The van der Waals surface area contributed by atoms with E-state index in [2.05, 4.69) is 15.4 Å². The summed E-state index contributed by atoms with van der Waals surface area (Å²) in [7, 11) is -4.10. The molecule has 0 amide bonds. The van der Waals surface area contributed by atoms with Crippen LogP contribution in [0.4, 0.5) is 0 Å². The average Bonchev–Trinajstić information content (AvgIpc) is 2.60. The van der Waals surface area contributed by atoms with Gasteiger partial charge in [0, 0.05) is 6.42 Å². The smallest absolute Gasteiger partial charge is 0.267 e. The minimum atomic E-state index is -4.10. The number of benzene rings is 1. The molecule has 0 aliphatic carbocycles. The maximum absolute atomic E-state index is 11.0. The number of amidine groups is 1. The maximum atomic E-state index is 11.0. The van der Waals surface area contributed by atoms with Crippen molar-refractivity contribution in [3.05, 3.63) is 35.9 Å². The lowest BCUT2D eigenvalue weighted by atomic mass is 10.1. The molecule has 108 valence electrons. The first-order valence-corrected chi connectivity index (χ1v) is 7.66. The van der Waals surface area contributed by atoms with E-state index >= 15 is 0 Å². The van der Waals surface area contributed by atoms with E-state index in [4.69, 9.17) is 10.4 Å². The van der Waals surface area contributed by atoms with Crippen molar-refractivity contribution in [2.45, 2.75) is 12.5 Å². The fraction of sp³-hybridized carbons (Fsp3) is 0.333. The molecule has 1 atom stereocenters. The number of hydrogen-bond acceptors (Lipinski definition) is 6. The van der Waals surface area contributed by atoms with Crippen molar-refractivity contribution in [1.82, 2.24) is 5.43 Å². The number of nitrogens with zero attached hydrogens (tertiary/aromatic N) is 2. The summed E-state index contributed by atoms with van der Waals surface area (Å²) in [6.45, 7) is 0.162. The van der Waals surface area contributed by atoms with Gasteiger partial charge in [0.15, 0.2) is 0 Å². The van der Waals surface area contributed by atoms with Gasteiger partial charge in [-0.3, -0.25) is 14.5 Å². The first-order valence-electron chi connectivity index (χ1n) is 6.05. The molecule has 0 radical (unpaired) electrons. The van der Waals surface area contributed by atoms with E-state index in [1.807, 2.05) is 30.3 Å². The second kappa shape index (κ2) is 6.12. The van der Waals surface area contributed by atoms with Crippen molar-refractivity contribution in [3.63, 3.8) is 0 Å². The predicted molar refractivity (Wildman–Crippen MR) is 77.4 cm³/mol. The summed E-state index contributed by atoms with van der Waals surface area (Å²) in [6.07, 6.45) is 0.391. The summed E-state index contributed by atoms with van der Waals surface area (Å²) >= 11 is 0. The largest absolute Gasteiger partial charge is 0.312 e. The molecule has 4 N–H and O–H groups in total. The molecule has 0 saturated carbocycles. The Kier molecular flexibility index (Phi) is 4.48. The first kappa shape index (κ1) is 14.6. The summed E-state index contributed by atoms with van der Waals surface area (Å²) < 4.78 is 31.0. The minimum absolute atomic E-state index is 0.162. The van der Waals surface area contributed by atoms with Gasteiger partial charge in [0.25, 0.3) is 10.1 Å². The van der Waals surface area contributed by atoms with Gasteiger partial charge >= 0.3 is 0 Å². The van der Waals surface area contributed by atoms with Crippen molar-refractivity contribution in [2.24, 2.45) is 15.8 Å². The molecule has 0 saturated heterocycles. The highest BCUT2D eigenvalue weighted by Gasteiger charge is 2.20. The van der Waals surface area contributed by atoms with Gasteiger partial charge in [-0.2, -0.15) is 8.42 Å². The molecule has 1 aliphatic heterocycles. The van der Waals surface area contributed by atoms with Gasteiger partial charge in [0.05, 0.1) is 24.1 Å². The zero-order chi connectivity index (χ0) is 14.6. The van der Waals surface area contributed by atoms with Crippen LogP contribution in [0.15, 0.2) is 40.3 Å². The van der Waals surface area contributed by atoms with Crippen molar-refractivity contribution < 1.29 is 13.0 Å². The number of aliphatic imine (C=N–C) groups is 2. The molecule has 20 heavy (non-hydrogen) atoms. The molecular formula is C12H16N4O3S. The van der Waals surface area contributed by atoms with Crippen LogP contribution in [0.25, 0.3) is 0 Å². The summed E-state index contributed by atoms with van der Waals surface area (Å²) in [6, 6.07) is 8.75. The Labute approximate surface area is 117 Å². The SMILES string of the molecule is NNC1=NCC(CS(=O)(=O)O)N=C(c2ccccc2)C1. The van der Waals surface area contributed by atoms with Crippen molar-refractivity contribution in [2.75, 3.05) is 12.3 Å². The number of nitrogens with one attached hydrogen (secondary N) is 1. The summed E-state index contributed by atoms with van der Waals surface area (Å²) in [4.78, 5) is 8.57. The van der Waals surface area contributed by atoms with Gasteiger partial charge in [0.2, 0.25) is 0 Å². The van der Waals surface area contributed by atoms with Crippen LogP contribution in [-0.2, 0) is 10.1 Å². The third kappa shape index (κ3) is 4.12. The van der Waals surface area contributed by atoms with Crippen LogP contribution in [0.5, 0.6) is 0 Å². The molecule has 1 aliphatic rings. The highest BCUT2D eigenvalue weighted by atomic mass is 32.2. The van der Waals surface area contributed by atoms with Crippen molar-refractivity contribution >= 4 is 21.7 Å². The Bertz CT molecular complexity index is 625. The van der Waals surface area contributed by atoms with Crippen molar-refractivity contribution in [3.8, 4) is 0 Å². The minimum Gasteiger partial charge on any atom is -0.312 e. The summed E-state index contributed by atoms with van der Waals surface area (Å²) in [5.41, 5.74) is 4.05. The van der Waals surface area contributed by atoms with E-state index in [1.54, 1.807) is 0 Å². The van der Waals surface area contributed by atoms with E-state index < -0.39 is 21.9 Å². The summed E-state index contributed by atoms with van der Waals surface area (Å²) in [5.74, 6) is 5.46. The van der Waals surface area contributed by atoms with Crippen LogP contribution in [0, 0.1) is 0 Å². The highest BCUT2D eigenvalue weighted by molar-refractivity contribution is 7.85. The Morgan fingerprint density at radius 3 is 2.65 bits per heavy atom. The molecule has 1 unspecified atom stereocenters. The Morgan fingerprint density at radius 2 is 2.05 bits per heavy atom.